The first-order chi connectivity index (χ1) is 8.04. The first-order valence-electron chi connectivity index (χ1n) is 5.47. The molecule has 5 N–H and O–H groups in total. The van der Waals surface area contributed by atoms with Gasteiger partial charge in [0.15, 0.2) is 0 Å². The Kier molecular flexibility index (Phi) is 4.93. The second kappa shape index (κ2) is 6.22. The summed E-state index contributed by atoms with van der Waals surface area (Å²) in [5.74, 6) is 0.314. The largest absolute Gasteiger partial charge is 0.497 e. The number of hydrogen-bond acceptors (Lipinski definition) is 4. The SMILES string of the molecule is COc1ccc(C(C)NCC(N)C(N)=O)cc1. The molecule has 0 fully saturated rings. The van der Waals surface area contributed by atoms with Crippen molar-refractivity contribution in [2.45, 2.75) is 19.0 Å². The molecule has 0 heterocycles. The second-order valence-electron chi connectivity index (χ2n) is 3.91. The number of ether oxygens (including phenoxy) is 1. The van der Waals surface area contributed by atoms with E-state index in [4.69, 9.17) is 16.2 Å². The van der Waals surface area contributed by atoms with Crippen LogP contribution in [0.4, 0.5) is 0 Å². The Morgan fingerprint density at radius 3 is 2.47 bits per heavy atom. The fraction of sp³-hybridized carbons (Fsp3) is 0.417. The fourth-order valence-corrected chi connectivity index (χ4v) is 1.41. The molecule has 0 radical (unpaired) electrons. The topological polar surface area (TPSA) is 90.4 Å². The molecule has 0 saturated heterocycles. The van der Waals surface area contributed by atoms with Crippen LogP contribution in [0.3, 0.4) is 0 Å². The Hall–Kier alpha value is -1.59. The van der Waals surface area contributed by atoms with E-state index in [1.165, 1.54) is 0 Å². The van der Waals surface area contributed by atoms with Gasteiger partial charge in [-0.05, 0) is 24.6 Å². The third kappa shape index (κ3) is 4.05. The molecule has 94 valence electrons. The van der Waals surface area contributed by atoms with Crippen molar-refractivity contribution in [1.29, 1.82) is 0 Å². The van der Waals surface area contributed by atoms with Gasteiger partial charge in [0.25, 0.3) is 0 Å². The first kappa shape index (κ1) is 13.5. The highest BCUT2D eigenvalue weighted by atomic mass is 16.5. The molecule has 0 spiro atoms. The minimum Gasteiger partial charge on any atom is -0.497 e. The van der Waals surface area contributed by atoms with E-state index in [-0.39, 0.29) is 6.04 Å². The summed E-state index contributed by atoms with van der Waals surface area (Å²) in [5, 5.41) is 3.15. The molecule has 0 saturated carbocycles. The van der Waals surface area contributed by atoms with E-state index < -0.39 is 11.9 Å². The van der Waals surface area contributed by atoms with Gasteiger partial charge in [-0.15, -0.1) is 0 Å². The second-order valence-corrected chi connectivity index (χ2v) is 3.91. The summed E-state index contributed by atoms with van der Waals surface area (Å²) in [5.41, 5.74) is 11.7. The van der Waals surface area contributed by atoms with Gasteiger partial charge in [0.2, 0.25) is 5.91 Å². The average Bonchev–Trinajstić information content (AvgIpc) is 2.35. The Morgan fingerprint density at radius 1 is 1.41 bits per heavy atom. The van der Waals surface area contributed by atoms with Crippen molar-refractivity contribution >= 4 is 5.91 Å². The lowest BCUT2D eigenvalue weighted by molar-refractivity contribution is -0.119. The molecule has 1 aromatic rings. The van der Waals surface area contributed by atoms with Crippen LogP contribution in [0.15, 0.2) is 24.3 Å². The highest BCUT2D eigenvalue weighted by Crippen LogP contribution is 2.16. The predicted octanol–water partition coefficient (Wildman–Crippen LogP) is 0.158. The summed E-state index contributed by atoms with van der Waals surface area (Å²) >= 11 is 0. The van der Waals surface area contributed by atoms with E-state index in [1.54, 1.807) is 7.11 Å². The van der Waals surface area contributed by atoms with Crippen molar-refractivity contribution in [2.24, 2.45) is 11.5 Å². The molecule has 0 aliphatic carbocycles. The molecule has 2 atom stereocenters. The Balaban J connectivity index is 2.51. The van der Waals surface area contributed by atoms with Gasteiger partial charge in [0.05, 0.1) is 13.2 Å². The maximum absolute atomic E-state index is 10.8. The number of benzene rings is 1. The molecular weight excluding hydrogens is 218 g/mol. The van der Waals surface area contributed by atoms with Crippen molar-refractivity contribution in [3.8, 4) is 5.75 Å². The number of carbonyl (C=O) groups excluding carboxylic acids is 1. The van der Waals surface area contributed by atoms with Crippen LogP contribution < -0.4 is 21.5 Å². The number of hydrogen-bond donors (Lipinski definition) is 3. The Labute approximate surface area is 101 Å². The molecule has 5 heteroatoms. The lowest BCUT2D eigenvalue weighted by atomic mass is 10.1. The van der Waals surface area contributed by atoms with Crippen molar-refractivity contribution in [1.82, 2.24) is 5.32 Å². The van der Waals surface area contributed by atoms with Crippen molar-refractivity contribution in [3.05, 3.63) is 29.8 Å². The zero-order chi connectivity index (χ0) is 12.8. The molecule has 0 bridgehead atoms. The minimum absolute atomic E-state index is 0.103. The van der Waals surface area contributed by atoms with Gasteiger partial charge in [-0.2, -0.15) is 0 Å². The predicted molar refractivity (Wildman–Crippen MR) is 66.6 cm³/mol. The van der Waals surface area contributed by atoms with Crippen LogP contribution >= 0.6 is 0 Å². The van der Waals surface area contributed by atoms with Crippen molar-refractivity contribution in [3.63, 3.8) is 0 Å². The zero-order valence-electron chi connectivity index (χ0n) is 10.1. The van der Waals surface area contributed by atoms with Gasteiger partial charge >= 0.3 is 0 Å². The first-order valence-corrected chi connectivity index (χ1v) is 5.47. The quantitative estimate of drug-likeness (QED) is 0.657. The number of rotatable bonds is 6. The number of nitrogens with one attached hydrogen (secondary N) is 1. The van der Waals surface area contributed by atoms with Crippen LogP contribution in [0.2, 0.25) is 0 Å². The van der Waals surface area contributed by atoms with Crippen LogP contribution in [-0.2, 0) is 4.79 Å². The van der Waals surface area contributed by atoms with Crippen molar-refractivity contribution < 1.29 is 9.53 Å². The van der Waals surface area contributed by atoms with Gasteiger partial charge in [-0.3, -0.25) is 4.79 Å². The third-order valence-electron chi connectivity index (χ3n) is 2.63. The van der Waals surface area contributed by atoms with E-state index in [1.807, 2.05) is 31.2 Å². The average molecular weight is 237 g/mol. The normalized spacial score (nSPS) is 14.1. The van der Waals surface area contributed by atoms with Crippen LogP contribution in [0.25, 0.3) is 0 Å². The van der Waals surface area contributed by atoms with Crippen LogP contribution in [0, 0.1) is 0 Å². The molecular formula is C12H19N3O2. The molecule has 17 heavy (non-hydrogen) atoms. The van der Waals surface area contributed by atoms with E-state index in [2.05, 4.69) is 5.32 Å². The van der Waals surface area contributed by atoms with E-state index in [9.17, 15) is 4.79 Å². The van der Waals surface area contributed by atoms with E-state index in [0.29, 0.717) is 6.54 Å². The smallest absolute Gasteiger partial charge is 0.235 e. The Bertz CT molecular complexity index is 365. The van der Waals surface area contributed by atoms with Gasteiger partial charge < -0.3 is 21.5 Å². The standard InChI is InChI=1S/C12H19N3O2/c1-8(15-7-11(13)12(14)16)9-3-5-10(17-2)6-4-9/h3-6,8,11,15H,7,13H2,1-2H3,(H2,14,16). The molecule has 2 unspecified atom stereocenters. The van der Waals surface area contributed by atoms with Gasteiger partial charge in [0, 0.05) is 12.6 Å². The van der Waals surface area contributed by atoms with Crippen LogP contribution in [-0.4, -0.2) is 25.6 Å². The highest BCUT2D eigenvalue weighted by molar-refractivity contribution is 5.79. The molecule has 0 aliphatic rings. The fourth-order valence-electron chi connectivity index (χ4n) is 1.41. The summed E-state index contributed by atoms with van der Waals surface area (Å²) in [6.07, 6.45) is 0. The lowest BCUT2D eigenvalue weighted by Crippen LogP contribution is -2.44. The van der Waals surface area contributed by atoms with Crippen LogP contribution in [0.5, 0.6) is 5.75 Å². The third-order valence-corrected chi connectivity index (χ3v) is 2.63. The molecule has 0 aromatic heterocycles. The van der Waals surface area contributed by atoms with Gasteiger partial charge in [-0.1, -0.05) is 12.1 Å². The minimum atomic E-state index is -0.657. The molecule has 1 rings (SSSR count). The number of primary amides is 1. The summed E-state index contributed by atoms with van der Waals surface area (Å²) in [6, 6.07) is 7.16. The number of amides is 1. The summed E-state index contributed by atoms with van der Waals surface area (Å²) in [6.45, 7) is 2.36. The maximum atomic E-state index is 10.8. The zero-order valence-corrected chi connectivity index (χ0v) is 10.1. The highest BCUT2D eigenvalue weighted by Gasteiger charge is 2.11. The van der Waals surface area contributed by atoms with Crippen LogP contribution in [0.1, 0.15) is 18.5 Å². The molecule has 1 aromatic carbocycles. The monoisotopic (exact) mass is 237 g/mol. The lowest BCUT2D eigenvalue weighted by Gasteiger charge is -2.16. The molecule has 0 aliphatic heterocycles. The van der Waals surface area contributed by atoms with Crippen molar-refractivity contribution in [2.75, 3.05) is 13.7 Å². The number of nitrogens with two attached hydrogens (primary N) is 2. The van der Waals surface area contributed by atoms with E-state index in [0.717, 1.165) is 11.3 Å². The molecule has 1 amide bonds. The number of carbonyl (C=O) groups is 1. The summed E-state index contributed by atoms with van der Waals surface area (Å²) < 4.78 is 5.08. The molecule has 5 nitrogen and oxygen atoms in total. The summed E-state index contributed by atoms with van der Waals surface area (Å²) in [4.78, 5) is 10.8. The van der Waals surface area contributed by atoms with Gasteiger partial charge in [0.1, 0.15) is 5.75 Å². The van der Waals surface area contributed by atoms with E-state index >= 15 is 0 Å². The maximum Gasteiger partial charge on any atom is 0.235 e. The summed E-state index contributed by atoms with van der Waals surface area (Å²) in [7, 11) is 1.63. The van der Waals surface area contributed by atoms with Gasteiger partial charge in [-0.25, -0.2) is 0 Å². The Morgan fingerprint density at radius 2 is 2.00 bits per heavy atom. The number of methoxy groups -OCH3 is 1.